The molecule has 120 valence electrons. The van der Waals surface area contributed by atoms with Crippen LogP contribution in [0.1, 0.15) is 59.9 Å². The lowest BCUT2D eigenvalue weighted by molar-refractivity contribution is 0.297. The Labute approximate surface area is 142 Å². The minimum absolute atomic E-state index is 0.770. The van der Waals surface area contributed by atoms with E-state index in [-0.39, 0.29) is 0 Å². The Hall–Kier alpha value is -1.96. The molecule has 3 aliphatic rings. The Kier molecular flexibility index (Phi) is 2.42. The van der Waals surface area contributed by atoms with E-state index in [1.165, 1.54) is 47.5 Å². The molecule has 1 aromatic carbocycles. The first-order valence-corrected chi connectivity index (χ1v) is 9.38. The topological polar surface area (TPSA) is 25.8 Å². The second kappa shape index (κ2) is 4.36. The molecule has 0 spiro atoms. The van der Waals surface area contributed by atoms with E-state index >= 15 is 0 Å². The van der Waals surface area contributed by atoms with Crippen molar-refractivity contribution in [3.05, 3.63) is 46.8 Å². The Morgan fingerprint density at radius 2 is 1.88 bits per heavy atom. The summed E-state index contributed by atoms with van der Waals surface area (Å²) >= 11 is 0. The molecule has 0 radical (unpaired) electrons. The summed E-state index contributed by atoms with van der Waals surface area (Å²) in [5, 5.41) is 2.65. The average molecular weight is 314 g/mol. The van der Waals surface area contributed by atoms with Crippen LogP contribution in [0.4, 0.5) is 0 Å². The lowest BCUT2D eigenvalue weighted by atomic mass is 9.68. The summed E-state index contributed by atoms with van der Waals surface area (Å²) in [5.74, 6) is 3.45. The number of aromatic nitrogens is 2. The van der Waals surface area contributed by atoms with Gasteiger partial charge in [0.25, 0.3) is 0 Å². The highest BCUT2D eigenvalue weighted by molar-refractivity contribution is 6.06. The van der Waals surface area contributed by atoms with Gasteiger partial charge in [-0.25, -0.2) is 0 Å². The molecule has 24 heavy (non-hydrogen) atoms. The van der Waals surface area contributed by atoms with Gasteiger partial charge in [0.05, 0.1) is 11.0 Å². The number of hydrogen-bond acceptors (Lipinski definition) is 2. The van der Waals surface area contributed by atoms with E-state index in [1.807, 2.05) is 0 Å². The maximum atomic E-state index is 4.95. The fraction of sp³-hybridized carbons (Fsp3) is 0.455. The van der Waals surface area contributed by atoms with E-state index in [2.05, 4.69) is 38.2 Å². The quantitative estimate of drug-likeness (QED) is 0.519. The molecule has 0 saturated heterocycles. The minimum Gasteiger partial charge on any atom is -0.255 e. The van der Waals surface area contributed by atoms with E-state index < -0.39 is 0 Å². The molecule has 3 aromatic rings. The van der Waals surface area contributed by atoms with Crippen molar-refractivity contribution >= 4 is 21.8 Å². The van der Waals surface area contributed by atoms with Crippen molar-refractivity contribution in [3.8, 4) is 0 Å². The number of hydrogen-bond donors (Lipinski definition) is 0. The Morgan fingerprint density at radius 1 is 0.958 bits per heavy atom. The Bertz CT molecular complexity index is 1020. The molecule has 2 aromatic heterocycles. The van der Waals surface area contributed by atoms with Crippen LogP contribution in [0.3, 0.4) is 0 Å². The molecular formula is C22H22N2. The zero-order valence-corrected chi connectivity index (χ0v) is 14.3. The fourth-order valence-electron chi connectivity index (χ4n) is 6.15. The summed E-state index contributed by atoms with van der Waals surface area (Å²) in [4.78, 5) is 9.74. The molecule has 2 fully saturated rings. The van der Waals surface area contributed by atoms with Gasteiger partial charge in [-0.3, -0.25) is 9.97 Å². The third-order valence-corrected chi connectivity index (χ3v) is 7.02. The van der Waals surface area contributed by atoms with Crippen LogP contribution in [0.15, 0.2) is 24.4 Å². The van der Waals surface area contributed by atoms with E-state index in [9.17, 15) is 0 Å². The second-order valence-corrected chi connectivity index (χ2v) is 8.44. The lowest BCUT2D eigenvalue weighted by Crippen LogP contribution is -2.23. The monoisotopic (exact) mass is 314 g/mol. The molecule has 2 heteroatoms. The molecule has 0 amide bonds. The van der Waals surface area contributed by atoms with Crippen LogP contribution < -0.4 is 0 Å². The van der Waals surface area contributed by atoms with Crippen molar-refractivity contribution in [1.82, 2.24) is 9.97 Å². The van der Waals surface area contributed by atoms with Gasteiger partial charge in [0.2, 0.25) is 0 Å². The van der Waals surface area contributed by atoms with Gasteiger partial charge >= 0.3 is 0 Å². The summed E-state index contributed by atoms with van der Waals surface area (Å²) in [6.07, 6.45) is 7.91. The molecule has 4 unspecified atom stereocenters. The number of fused-ring (bicyclic) bond motifs is 9. The van der Waals surface area contributed by atoms with Crippen LogP contribution in [0, 0.1) is 25.7 Å². The third-order valence-electron chi connectivity index (χ3n) is 7.02. The number of rotatable bonds is 0. The zero-order valence-electron chi connectivity index (χ0n) is 14.3. The predicted molar refractivity (Wildman–Crippen MR) is 97.4 cm³/mol. The molecule has 3 aliphatic carbocycles. The normalized spacial score (nSPS) is 30.2. The minimum atomic E-state index is 0.770. The maximum absolute atomic E-state index is 4.95. The summed E-state index contributed by atoms with van der Waals surface area (Å²) in [6.45, 7) is 4.28. The summed E-state index contributed by atoms with van der Waals surface area (Å²) < 4.78 is 0. The summed E-state index contributed by atoms with van der Waals surface area (Å²) in [7, 11) is 0. The second-order valence-electron chi connectivity index (χ2n) is 8.44. The predicted octanol–water partition coefficient (Wildman–Crippen LogP) is 5.40. The fourth-order valence-corrected chi connectivity index (χ4v) is 6.15. The molecule has 0 N–H and O–H groups in total. The molecule has 6 rings (SSSR count). The van der Waals surface area contributed by atoms with E-state index in [0.717, 1.165) is 34.9 Å². The van der Waals surface area contributed by atoms with E-state index in [0.29, 0.717) is 0 Å². The molecule has 2 saturated carbocycles. The standard InChI is InChI=1S/C22H22N2/c1-11-5-18-20-17-8-13-6-14(17)9-15(7-13)19(20)10-23-22(18)16-4-3-12(2)24-21(11)16/h3-5,10,13-15,17H,6-9H2,1-2H3. The van der Waals surface area contributed by atoms with Gasteiger partial charge in [0.1, 0.15) is 0 Å². The van der Waals surface area contributed by atoms with Gasteiger partial charge in [-0.05, 0) is 98.1 Å². The van der Waals surface area contributed by atoms with Crippen molar-refractivity contribution < 1.29 is 0 Å². The van der Waals surface area contributed by atoms with Crippen molar-refractivity contribution in [2.24, 2.45) is 11.8 Å². The smallest absolute Gasteiger partial charge is 0.0799 e. The number of aryl methyl sites for hydroxylation is 2. The highest BCUT2D eigenvalue weighted by Gasteiger charge is 2.47. The van der Waals surface area contributed by atoms with Crippen LogP contribution in [0.2, 0.25) is 0 Å². The maximum Gasteiger partial charge on any atom is 0.0799 e. The van der Waals surface area contributed by atoms with Crippen molar-refractivity contribution in [3.63, 3.8) is 0 Å². The highest BCUT2D eigenvalue weighted by Crippen LogP contribution is 2.61. The van der Waals surface area contributed by atoms with Crippen LogP contribution in [0.25, 0.3) is 21.8 Å². The summed E-state index contributed by atoms with van der Waals surface area (Å²) in [5.41, 5.74) is 7.91. The lowest BCUT2D eigenvalue weighted by Gasteiger charge is -2.36. The molecule has 3 bridgehead atoms. The largest absolute Gasteiger partial charge is 0.255 e. The first kappa shape index (κ1) is 13.3. The van der Waals surface area contributed by atoms with Crippen LogP contribution in [-0.4, -0.2) is 9.97 Å². The van der Waals surface area contributed by atoms with Gasteiger partial charge in [0.15, 0.2) is 0 Å². The number of nitrogens with zero attached hydrogens (tertiary/aromatic N) is 2. The van der Waals surface area contributed by atoms with Gasteiger partial charge in [-0.15, -0.1) is 0 Å². The third kappa shape index (κ3) is 1.57. The van der Waals surface area contributed by atoms with Crippen LogP contribution in [0.5, 0.6) is 0 Å². The molecule has 2 nitrogen and oxygen atoms in total. The zero-order chi connectivity index (χ0) is 16.0. The molecule has 0 aliphatic heterocycles. The number of benzene rings is 1. The van der Waals surface area contributed by atoms with E-state index in [1.54, 1.807) is 11.1 Å². The highest BCUT2D eigenvalue weighted by atomic mass is 14.7. The Morgan fingerprint density at radius 3 is 2.79 bits per heavy atom. The molecule has 2 heterocycles. The molecular weight excluding hydrogens is 292 g/mol. The first-order valence-electron chi connectivity index (χ1n) is 9.38. The van der Waals surface area contributed by atoms with Crippen molar-refractivity contribution in [2.75, 3.05) is 0 Å². The SMILES string of the molecule is Cc1ccc2c(n1)c(C)cc1c3c(cnc12)C1CC2CC(C1)C3C2. The van der Waals surface area contributed by atoms with Gasteiger partial charge in [-0.1, -0.05) is 0 Å². The van der Waals surface area contributed by atoms with E-state index in [4.69, 9.17) is 9.97 Å². The Balaban J connectivity index is 1.75. The van der Waals surface area contributed by atoms with Gasteiger partial charge in [0, 0.05) is 22.7 Å². The van der Waals surface area contributed by atoms with Gasteiger partial charge < -0.3 is 0 Å². The van der Waals surface area contributed by atoms with Crippen LogP contribution in [-0.2, 0) is 0 Å². The molecule has 4 atom stereocenters. The van der Waals surface area contributed by atoms with Crippen LogP contribution >= 0.6 is 0 Å². The van der Waals surface area contributed by atoms with Crippen molar-refractivity contribution in [1.29, 1.82) is 0 Å². The first-order chi connectivity index (χ1) is 11.7. The van der Waals surface area contributed by atoms with Crippen molar-refractivity contribution in [2.45, 2.75) is 51.4 Å². The number of pyridine rings is 2. The average Bonchev–Trinajstić information content (AvgIpc) is 2.81. The van der Waals surface area contributed by atoms with Gasteiger partial charge in [-0.2, -0.15) is 0 Å². The summed E-state index contributed by atoms with van der Waals surface area (Å²) in [6, 6.07) is 6.73.